The Bertz CT molecular complexity index is 1220. The molecule has 0 saturated carbocycles. The van der Waals surface area contributed by atoms with Crippen molar-refractivity contribution in [2.24, 2.45) is 0 Å². The molecule has 0 saturated heterocycles. The molecule has 0 fully saturated rings. The highest BCUT2D eigenvalue weighted by Crippen LogP contribution is 2.31. The number of fused-ring (bicyclic) bond motifs is 1. The summed E-state index contributed by atoms with van der Waals surface area (Å²) in [5.41, 5.74) is 1.93. The number of rotatable bonds is 6. The van der Waals surface area contributed by atoms with E-state index in [2.05, 4.69) is 4.98 Å². The van der Waals surface area contributed by atoms with Crippen LogP contribution in [0.5, 0.6) is 23.0 Å². The van der Waals surface area contributed by atoms with Crippen LogP contribution in [0.2, 0.25) is 0 Å². The smallest absolute Gasteiger partial charge is 0.262 e. The van der Waals surface area contributed by atoms with Crippen LogP contribution in [0, 0.1) is 0 Å². The number of nitrogens with zero attached hydrogens (tertiary/aromatic N) is 2. The van der Waals surface area contributed by atoms with Crippen molar-refractivity contribution in [1.82, 2.24) is 9.55 Å². The Hall–Kier alpha value is -4.00. The first kappa shape index (κ1) is 20.3. The average Bonchev–Trinajstić information content (AvgIpc) is 2.81. The van der Waals surface area contributed by atoms with Gasteiger partial charge in [-0.3, -0.25) is 9.36 Å². The van der Waals surface area contributed by atoms with Gasteiger partial charge in [0.2, 0.25) is 0 Å². The molecule has 0 atom stereocenters. The fourth-order valence-electron chi connectivity index (χ4n) is 3.59. The summed E-state index contributed by atoms with van der Waals surface area (Å²) in [6.07, 6.45) is 1.51. The normalized spacial score (nSPS) is 11.0. The number of hydrogen-bond acceptors (Lipinski definition) is 6. The van der Waals surface area contributed by atoms with Crippen molar-refractivity contribution in [1.29, 1.82) is 0 Å². The fraction of sp³-hybridized carbons (Fsp3) is 0.167. The van der Waals surface area contributed by atoms with Gasteiger partial charge in [-0.05, 0) is 41.5 Å². The molecule has 7 nitrogen and oxygen atoms in total. The lowest BCUT2D eigenvalue weighted by Gasteiger charge is -2.22. The molecule has 0 aliphatic heterocycles. The maximum absolute atomic E-state index is 13.4. The van der Waals surface area contributed by atoms with Gasteiger partial charge >= 0.3 is 0 Å². The van der Waals surface area contributed by atoms with Crippen LogP contribution in [0.3, 0.4) is 0 Å². The molecule has 0 aliphatic rings. The van der Waals surface area contributed by atoms with E-state index in [0.29, 0.717) is 10.9 Å². The van der Waals surface area contributed by atoms with Gasteiger partial charge in [0.25, 0.3) is 5.56 Å². The Labute approximate surface area is 179 Å². The van der Waals surface area contributed by atoms with Crippen molar-refractivity contribution in [3.63, 3.8) is 0 Å². The van der Waals surface area contributed by atoms with Crippen molar-refractivity contribution in [3.8, 4) is 23.0 Å². The summed E-state index contributed by atoms with van der Waals surface area (Å²) in [7, 11) is 4.66. The largest absolute Gasteiger partial charge is 0.504 e. The molecular formula is C24H22N2O5. The zero-order valence-corrected chi connectivity index (χ0v) is 17.4. The predicted molar refractivity (Wildman–Crippen MR) is 117 cm³/mol. The molecule has 1 N–H and O–H groups in total. The standard InChI is InChI=1S/C24H22N2O5/c1-29-17-8-4-15(5-9-17)23(16-6-10-18(30-2)11-7-16)26-14-25-20-13-22(31-3)21(27)12-19(20)24(26)28/h4-14,23,27H,1-3H3. The second-order valence-corrected chi connectivity index (χ2v) is 6.95. The van der Waals surface area contributed by atoms with Crippen molar-refractivity contribution in [2.75, 3.05) is 21.3 Å². The molecule has 7 heteroatoms. The maximum atomic E-state index is 13.4. The number of methoxy groups -OCH3 is 3. The highest BCUT2D eigenvalue weighted by Gasteiger charge is 2.20. The Morgan fingerprint density at radius 1 is 0.839 bits per heavy atom. The van der Waals surface area contributed by atoms with Crippen molar-refractivity contribution >= 4 is 10.9 Å². The van der Waals surface area contributed by atoms with Gasteiger partial charge in [-0.15, -0.1) is 0 Å². The van der Waals surface area contributed by atoms with Gasteiger partial charge in [0.15, 0.2) is 11.5 Å². The SMILES string of the molecule is COc1ccc(C(c2ccc(OC)cc2)n2cnc3cc(OC)c(O)cc3c2=O)cc1. The van der Waals surface area contributed by atoms with Gasteiger partial charge in [0.1, 0.15) is 11.5 Å². The van der Waals surface area contributed by atoms with Crippen LogP contribution in [0.4, 0.5) is 0 Å². The molecule has 3 aromatic carbocycles. The van der Waals surface area contributed by atoms with Gasteiger partial charge in [-0.1, -0.05) is 24.3 Å². The predicted octanol–water partition coefficient (Wildman–Crippen LogP) is 3.77. The Morgan fingerprint density at radius 2 is 1.39 bits per heavy atom. The molecule has 0 spiro atoms. The summed E-state index contributed by atoms with van der Waals surface area (Å²) in [5, 5.41) is 10.5. The van der Waals surface area contributed by atoms with Crippen LogP contribution in [-0.2, 0) is 0 Å². The van der Waals surface area contributed by atoms with Gasteiger partial charge in [0, 0.05) is 6.07 Å². The molecule has 0 bridgehead atoms. The minimum Gasteiger partial charge on any atom is -0.504 e. The van der Waals surface area contributed by atoms with Crippen LogP contribution in [0.1, 0.15) is 17.2 Å². The lowest BCUT2D eigenvalue weighted by atomic mass is 9.98. The second-order valence-electron chi connectivity index (χ2n) is 6.95. The summed E-state index contributed by atoms with van der Waals surface area (Å²) in [6, 6.07) is 17.5. The van der Waals surface area contributed by atoms with E-state index >= 15 is 0 Å². The van der Waals surface area contributed by atoms with Crippen molar-refractivity contribution < 1.29 is 19.3 Å². The van der Waals surface area contributed by atoms with E-state index in [1.54, 1.807) is 24.9 Å². The molecule has 0 amide bonds. The maximum Gasteiger partial charge on any atom is 0.262 e. The number of hydrogen-bond donors (Lipinski definition) is 1. The highest BCUT2D eigenvalue weighted by molar-refractivity contribution is 5.81. The Balaban J connectivity index is 1.92. The number of aromatic nitrogens is 2. The van der Waals surface area contributed by atoms with E-state index in [1.807, 2.05) is 48.5 Å². The number of benzene rings is 3. The molecule has 1 aromatic heterocycles. The third-order valence-corrected chi connectivity index (χ3v) is 5.22. The summed E-state index contributed by atoms with van der Waals surface area (Å²) >= 11 is 0. The molecule has 4 aromatic rings. The third-order valence-electron chi connectivity index (χ3n) is 5.22. The highest BCUT2D eigenvalue weighted by atomic mass is 16.5. The van der Waals surface area contributed by atoms with Crippen LogP contribution in [0.25, 0.3) is 10.9 Å². The van der Waals surface area contributed by atoms with E-state index < -0.39 is 6.04 Å². The molecular weight excluding hydrogens is 396 g/mol. The molecule has 158 valence electrons. The summed E-state index contributed by atoms with van der Waals surface area (Å²) in [6.45, 7) is 0. The molecule has 1 heterocycles. The van der Waals surface area contributed by atoms with E-state index in [4.69, 9.17) is 14.2 Å². The van der Waals surface area contributed by atoms with Gasteiger partial charge in [-0.25, -0.2) is 4.98 Å². The van der Waals surface area contributed by atoms with Gasteiger partial charge < -0.3 is 19.3 Å². The number of ether oxygens (including phenoxy) is 3. The van der Waals surface area contributed by atoms with Crippen LogP contribution < -0.4 is 19.8 Å². The molecule has 0 aliphatic carbocycles. The van der Waals surface area contributed by atoms with Gasteiger partial charge in [0.05, 0.1) is 44.6 Å². The summed E-state index contributed by atoms with van der Waals surface area (Å²) < 4.78 is 17.2. The fourth-order valence-corrected chi connectivity index (χ4v) is 3.59. The Kier molecular flexibility index (Phi) is 5.49. The minimum absolute atomic E-state index is 0.114. The Morgan fingerprint density at radius 3 is 1.87 bits per heavy atom. The second kappa shape index (κ2) is 8.39. The minimum atomic E-state index is -0.439. The lowest BCUT2D eigenvalue weighted by Crippen LogP contribution is -2.26. The number of aromatic hydroxyl groups is 1. The monoisotopic (exact) mass is 418 g/mol. The first-order chi connectivity index (χ1) is 15.0. The number of phenols is 1. The zero-order valence-electron chi connectivity index (χ0n) is 17.4. The van der Waals surface area contributed by atoms with Crippen molar-refractivity contribution in [2.45, 2.75) is 6.04 Å². The average molecular weight is 418 g/mol. The van der Waals surface area contributed by atoms with Crippen LogP contribution in [0.15, 0.2) is 71.8 Å². The van der Waals surface area contributed by atoms with E-state index in [9.17, 15) is 9.90 Å². The van der Waals surface area contributed by atoms with Crippen LogP contribution in [-0.4, -0.2) is 36.0 Å². The van der Waals surface area contributed by atoms with E-state index in [0.717, 1.165) is 22.6 Å². The van der Waals surface area contributed by atoms with E-state index in [-0.39, 0.29) is 17.1 Å². The quantitative estimate of drug-likeness (QED) is 0.513. The number of phenolic OH excluding ortho intramolecular Hbond substituents is 1. The summed E-state index contributed by atoms with van der Waals surface area (Å²) in [5.74, 6) is 1.59. The molecule has 31 heavy (non-hydrogen) atoms. The van der Waals surface area contributed by atoms with E-state index in [1.165, 1.54) is 19.5 Å². The summed E-state index contributed by atoms with van der Waals surface area (Å²) in [4.78, 5) is 17.9. The molecule has 0 unspecified atom stereocenters. The molecule has 0 radical (unpaired) electrons. The lowest BCUT2D eigenvalue weighted by molar-refractivity contribution is 0.374. The third kappa shape index (κ3) is 3.77. The zero-order chi connectivity index (χ0) is 22.0. The van der Waals surface area contributed by atoms with Crippen LogP contribution >= 0.6 is 0 Å². The first-order valence-corrected chi connectivity index (χ1v) is 9.61. The first-order valence-electron chi connectivity index (χ1n) is 9.61. The topological polar surface area (TPSA) is 82.8 Å². The van der Waals surface area contributed by atoms with Crippen molar-refractivity contribution in [3.05, 3.63) is 88.5 Å². The van der Waals surface area contributed by atoms with Gasteiger partial charge in [-0.2, -0.15) is 0 Å². The molecule has 4 rings (SSSR count).